The third-order valence-corrected chi connectivity index (χ3v) is 2.82. The first-order valence-corrected chi connectivity index (χ1v) is 6.05. The van der Waals surface area contributed by atoms with E-state index in [0.717, 1.165) is 0 Å². The number of nitrogens with one attached hydrogen (secondary N) is 1. The van der Waals surface area contributed by atoms with Gasteiger partial charge in [0.2, 0.25) is 5.91 Å². The lowest BCUT2D eigenvalue weighted by molar-refractivity contribution is -0.119. The molecule has 0 radical (unpaired) electrons. The lowest BCUT2D eigenvalue weighted by Crippen LogP contribution is -2.24. The Labute approximate surface area is 118 Å². The van der Waals surface area contributed by atoms with E-state index in [1.807, 2.05) is 0 Å². The van der Waals surface area contributed by atoms with Gasteiger partial charge in [-0.3, -0.25) is 4.79 Å². The summed E-state index contributed by atoms with van der Waals surface area (Å²) < 4.78 is 15.3. The van der Waals surface area contributed by atoms with E-state index in [9.17, 15) is 9.59 Å². The Hall–Kier alpha value is -2.24. The topological polar surface area (TPSA) is 73.9 Å². The standard InChI is InChI=1S/C14H19NO5/c1-8(15-9(2)16)13-11(18-3)6-10(14(17)20-5)7-12(13)19-4/h6-8H,1-5H3,(H,15,16). The zero-order chi connectivity index (χ0) is 15.3. The maximum atomic E-state index is 11.6. The second-order valence-corrected chi connectivity index (χ2v) is 4.21. The van der Waals surface area contributed by atoms with Gasteiger partial charge in [-0.1, -0.05) is 0 Å². The second-order valence-electron chi connectivity index (χ2n) is 4.21. The van der Waals surface area contributed by atoms with Crippen LogP contribution in [0.15, 0.2) is 12.1 Å². The number of carbonyl (C=O) groups is 2. The van der Waals surface area contributed by atoms with E-state index in [0.29, 0.717) is 22.6 Å². The summed E-state index contributed by atoms with van der Waals surface area (Å²) in [4.78, 5) is 22.8. The first kappa shape index (κ1) is 15.8. The smallest absolute Gasteiger partial charge is 0.338 e. The molecular weight excluding hydrogens is 262 g/mol. The van der Waals surface area contributed by atoms with Gasteiger partial charge >= 0.3 is 5.97 Å². The predicted molar refractivity (Wildman–Crippen MR) is 73.1 cm³/mol. The molecule has 110 valence electrons. The summed E-state index contributed by atoms with van der Waals surface area (Å²) in [6.45, 7) is 3.23. The van der Waals surface area contributed by atoms with Crippen molar-refractivity contribution in [2.45, 2.75) is 19.9 Å². The molecule has 0 saturated heterocycles. The number of hydrogen-bond acceptors (Lipinski definition) is 5. The summed E-state index contributed by atoms with van der Waals surface area (Å²) in [5, 5.41) is 2.76. The van der Waals surface area contributed by atoms with Crippen molar-refractivity contribution in [2.24, 2.45) is 0 Å². The maximum absolute atomic E-state index is 11.6. The number of benzene rings is 1. The van der Waals surface area contributed by atoms with Gasteiger partial charge in [0, 0.05) is 6.92 Å². The van der Waals surface area contributed by atoms with Crippen LogP contribution in [0.3, 0.4) is 0 Å². The fraction of sp³-hybridized carbons (Fsp3) is 0.429. The first-order valence-electron chi connectivity index (χ1n) is 6.05. The van der Waals surface area contributed by atoms with Crippen LogP contribution in [-0.4, -0.2) is 33.2 Å². The van der Waals surface area contributed by atoms with Crippen LogP contribution in [-0.2, 0) is 9.53 Å². The molecule has 0 fully saturated rings. The highest BCUT2D eigenvalue weighted by Gasteiger charge is 2.21. The van der Waals surface area contributed by atoms with Crippen molar-refractivity contribution in [1.82, 2.24) is 5.32 Å². The van der Waals surface area contributed by atoms with Gasteiger partial charge < -0.3 is 19.5 Å². The molecule has 1 aromatic rings. The molecule has 0 aromatic heterocycles. The Morgan fingerprint density at radius 2 is 1.60 bits per heavy atom. The number of hydrogen-bond donors (Lipinski definition) is 1. The zero-order valence-corrected chi connectivity index (χ0v) is 12.3. The number of amides is 1. The monoisotopic (exact) mass is 281 g/mol. The quantitative estimate of drug-likeness (QED) is 0.831. The molecule has 1 N–H and O–H groups in total. The Morgan fingerprint density at radius 1 is 1.10 bits per heavy atom. The van der Waals surface area contributed by atoms with Gasteiger partial charge in [0.15, 0.2) is 0 Å². The van der Waals surface area contributed by atoms with E-state index >= 15 is 0 Å². The molecule has 20 heavy (non-hydrogen) atoms. The normalized spacial score (nSPS) is 11.4. The van der Waals surface area contributed by atoms with Crippen LogP contribution in [0.25, 0.3) is 0 Å². The van der Waals surface area contributed by atoms with E-state index in [1.54, 1.807) is 19.1 Å². The Kier molecular flexibility index (Phi) is 5.37. The molecule has 6 heteroatoms. The summed E-state index contributed by atoms with van der Waals surface area (Å²) in [5.41, 5.74) is 0.984. The van der Waals surface area contributed by atoms with Gasteiger partial charge in [0.05, 0.1) is 38.5 Å². The lowest BCUT2D eigenvalue weighted by Gasteiger charge is -2.20. The summed E-state index contributed by atoms with van der Waals surface area (Å²) in [6.07, 6.45) is 0. The highest BCUT2D eigenvalue weighted by Crippen LogP contribution is 2.35. The van der Waals surface area contributed by atoms with E-state index in [2.05, 4.69) is 10.1 Å². The molecule has 6 nitrogen and oxygen atoms in total. The number of methoxy groups -OCH3 is 3. The van der Waals surface area contributed by atoms with Gasteiger partial charge in [-0.15, -0.1) is 0 Å². The summed E-state index contributed by atoms with van der Waals surface area (Å²) in [5.74, 6) is 0.246. The molecular formula is C14H19NO5. The van der Waals surface area contributed by atoms with Crippen LogP contribution in [0.2, 0.25) is 0 Å². The van der Waals surface area contributed by atoms with Crippen molar-refractivity contribution in [2.75, 3.05) is 21.3 Å². The van der Waals surface area contributed by atoms with E-state index < -0.39 is 5.97 Å². The first-order chi connectivity index (χ1) is 9.44. The Bertz CT molecular complexity index is 487. The Balaban J connectivity index is 3.35. The minimum Gasteiger partial charge on any atom is -0.496 e. The van der Waals surface area contributed by atoms with Crippen molar-refractivity contribution in [3.05, 3.63) is 23.3 Å². The fourth-order valence-corrected chi connectivity index (χ4v) is 1.98. The molecule has 0 saturated carbocycles. The highest BCUT2D eigenvalue weighted by atomic mass is 16.5. The molecule has 1 unspecified atom stereocenters. The lowest BCUT2D eigenvalue weighted by atomic mass is 10.0. The number of ether oxygens (including phenoxy) is 3. The van der Waals surface area contributed by atoms with E-state index in [1.165, 1.54) is 28.3 Å². The predicted octanol–water partition coefficient (Wildman–Crippen LogP) is 1.69. The van der Waals surface area contributed by atoms with Crippen molar-refractivity contribution in [1.29, 1.82) is 0 Å². The number of carbonyl (C=O) groups excluding carboxylic acids is 2. The highest BCUT2D eigenvalue weighted by molar-refractivity contribution is 5.90. The largest absolute Gasteiger partial charge is 0.496 e. The molecule has 0 bridgehead atoms. The maximum Gasteiger partial charge on any atom is 0.338 e. The molecule has 0 aliphatic heterocycles. The minimum absolute atomic E-state index is 0.168. The van der Waals surface area contributed by atoms with Crippen LogP contribution >= 0.6 is 0 Å². The van der Waals surface area contributed by atoms with Crippen LogP contribution in [0.4, 0.5) is 0 Å². The molecule has 0 heterocycles. The molecule has 1 atom stereocenters. The number of esters is 1. The average Bonchev–Trinajstić information content (AvgIpc) is 2.43. The van der Waals surface area contributed by atoms with Gasteiger partial charge in [-0.05, 0) is 19.1 Å². The van der Waals surface area contributed by atoms with Gasteiger partial charge in [0.25, 0.3) is 0 Å². The summed E-state index contributed by atoms with van der Waals surface area (Å²) >= 11 is 0. The minimum atomic E-state index is -0.486. The van der Waals surface area contributed by atoms with Crippen LogP contribution in [0.5, 0.6) is 11.5 Å². The molecule has 0 aliphatic carbocycles. The SMILES string of the molecule is COC(=O)c1cc(OC)c(C(C)NC(C)=O)c(OC)c1. The van der Waals surface area contributed by atoms with Crippen LogP contribution in [0.1, 0.15) is 35.8 Å². The molecule has 1 rings (SSSR count). The van der Waals surface area contributed by atoms with Crippen molar-refractivity contribution in [3.8, 4) is 11.5 Å². The van der Waals surface area contributed by atoms with Gasteiger partial charge in [-0.2, -0.15) is 0 Å². The summed E-state index contributed by atoms with van der Waals surface area (Å²) in [6, 6.07) is 2.80. The zero-order valence-electron chi connectivity index (χ0n) is 12.3. The summed E-state index contributed by atoms with van der Waals surface area (Å²) in [7, 11) is 4.27. The third kappa shape index (κ3) is 3.40. The molecule has 1 amide bonds. The molecule has 0 spiro atoms. The average molecular weight is 281 g/mol. The van der Waals surface area contributed by atoms with Crippen molar-refractivity contribution >= 4 is 11.9 Å². The fourth-order valence-electron chi connectivity index (χ4n) is 1.98. The van der Waals surface area contributed by atoms with Crippen LogP contribution in [0, 0.1) is 0 Å². The number of rotatable bonds is 5. The van der Waals surface area contributed by atoms with Gasteiger partial charge in [0.1, 0.15) is 11.5 Å². The molecule has 0 aliphatic rings. The Morgan fingerprint density at radius 3 is 1.95 bits per heavy atom. The molecule has 1 aromatic carbocycles. The second kappa shape index (κ2) is 6.79. The van der Waals surface area contributed by atoms with Crippen LogP contribution < -0.4 is 14.8 Å². The van der Waals surface area contributed by atoms with E-state index in [4.69, 9.17) is 9.47 Å². The van der Waals surface area contributed by atoms with Gasteiger partial charge in [-0.25, -0.2) is 4.79 Å². The van der Waals surface area contributed by atoms with Crippen molar-refractivity contribution in [3.63, 3.8) is 0 Å². The van der Waals surface area contributed by atoms with Crippen molar-refractivity contribution < 1.29 is 23.8 Å². The third-order valence-electron chi connectivity index (χ3n) is 2.82. The van der Waals surface area contributed by atoms with E-state index in [-0.39, 0.29) is 11.9 Å².